The Labute approximate surface area is 101 Å². The maximum Gasteiger partial charge on any atom is 0.425 e. The Kier molecular flexibility index (Phi) is 2.72. The van der Waals surface area contributed by atoms with Crippen LogP contribution in [0.15, 0.2) is 12.1 Å². The van der Waals surface area contributed by atoms with Crippen molar-refractivity contribution in [1.29, 1.82) is 0 Å². The molecule has 1 aliphatic carbocycles. The van der Waals surface area contributed by atoms with Crippen molar-refractivity contribution in [3.63, 3.8) is 0 Å². The molecule has 0 aromatic carbocycles. The molecule has 1 aliphatic rings. The van der Waals surface area contributed by atoms with Gasteiger partial charge in [0.25, 0.3) is 0 Å². The van der Waals surface area contributed by atoms with E-state index in [2.05, 4.69) is 0 Å². The zero-order valence-electron chi connectivity index (χ0n) is 9.17. The van der Waals surface area contributed by atoms with E-state index >= 15 is 0 Å². The van der Waals surface area contributed by atoms with Gasteiger partial charge in [0.05, 0.1) is 5.41 Å². The molecule has 2 rings (SSSR count). The normalized spacial score (nSPS) is 20.0. The van der Waals surface area contributed by atoms with E-state index in [1.807, 2.05) is 0 Å². The van der Waals surface area contributed by atoms with Gasteiger partial charge in [-0.15, -0.1) is 11.3 Å². The molecule has 1 fully saturated rings. The number of alkyl halides is 3. The number of hydrogen-bond donors (Lipinski definition) is 1. The molecule has 0 radical (unpaired) electrons. The van der Waals surface area contributed by atoms with E-state index in [9.17, 15) is 18.0 Å². The van der Waals surface area contributed by atoms with Crippen LogP contribution in [-0.4, -0.2) is 5.91 Å². The minimum absolute atomic E-state index is 0.235. The van der Waals surface area contributed by atoms with Crippen LogP contribution in [-0.2, 0) is 11.0 Å². The summed E-state index contributed by atoms with van der Waals surface area (Å²) in [4.78, 5) is 11.3. The van der Waals surface area contributed by atoms with Crippen molar-refractivity contribution >= 4 is 17.2 Å². The SMILES string of the molecule is C[C@@H](c1ccc(C(F)(F)F)s1)C1(C(N)=O)CC1. The number of hydrogen-bond acceptors (Lipinski definition) is 2. The smallest absolute Gasteiger partial charge is 0.369 e. The highest BCUT2D eigenvalue weighted by Gasteiger charge is 2.53. The Balaban J connectivity index is 2.24. The summed E-state index contributed by atoms with van der Waals surface area (Å²) in [7, 11) is 0. The van der Waals surface area contributed by atoms with E-state index in [0.717, 1.165) is 6.07 Å². The van der Waals surface area contributed by atoms with Gasteiger partial charge in [-0.3, -0.25) is 4.79 Å². The number of primary amides is 1. The lowest BCUT2D eigenvalue weighted by molar-refractivity contribution is -0.134. The predicted molar refractivity (Wildman–Crippen MR) is 58.6 cm³/mol. The summed E-state index contributed by atoms with van der Waals surface area (Å²) in [6, 6.07) is 2.51. The van der Waals surface area contributed by atoms with Gasteiger partial charge in [0, 0.05) is 10.8 Å². The molecule has 2 N–H and O–H groups in total. The molecule has 1 aromatic rings. The standard InChI is InChI=1S/C11H12F3NOS/c1-6(10(4-5-10)9(15)16)7-2-3-8(17-7)11(12,13)14/h2-3,6H,4-5H2,1H3,(H2,15,16)/t6-/m0/s1. The molecule has 0 spiro atoms. The molecular weight excluding hydrogens is 251 g/mol. The molecule has 1 amide bonds. The summed E-state index contributed by atoms with van der Waals surface area (Å²) in [5.41, 5.74) is 4.69. The van der Waals surface area contributed by atoms with Gasteiger partial charge in [0.2, 0.25) is 5.91 Å². The molecule has 6 heteroatoms. The lowest BCUT2D eigenvalue weighted by atomic mass is 9.89. The van der Waals surface area contributed by atoms with Crippen molar-refractivity contribution in [2.75, 3.05) is 0 Å². The first kappa shape index (κ1) is 12.4. The molecule has 94 valence electrons. The van der Waals surface area contributed by atoms with Gasteiger partial charge in [-0.2, -0.15) is 13.2 Å². The second-order valence-electron chi connectivity index (χ2n) is 4.44. The lowest BCUT2D eigenvalue weighted by Gasteiger charge is -2.18. The Morgan fingerprint density at radius 3 is 2.41 bits per heavy atom. The summed E-state index contributed by atoms with van der Waals surface area (Å²) in [6.07, 6.45) is -2.97. The third-order valence-corrected chi connectivity index (χ3v) is 4.75. The predicted octanol–water partition coefficient (Wildman–Crippen LogP) is 3.14. The number of nitrogens with two attached hydrogens (primary N) is 1. The number of carbonyl (C=O) groups excluding carboxylic acids is 1. The van der Waals surface area contributed by atoms with Gasteiger partial charge in [0.15, 0.2) is 0 Å². The summed E-state index contributed by atoms with van der Waals surface area (Å²) >= 11 is 0.699. The number of amides is 1. The van der Waals surface area contributed by atoms with Crippen molar-refractivity contribution < 1.29 is 18.0 Å². The Morgan fingerprint density at radius 2 is 2.06 bits per heavy atom. The number of thiophene rings is 1. The lowest BCUT2D eigenvalue weighted by Crippen LogP contribution is -2.28. The number of rotatable bonds is 3. The third-order valence-electron chi connectivity index (χ3n) is 3.44. The molecule has 0 unspecified atom stereocenters. The maximum atomic E-state index is 12.5. The third kappa shape index (κ3) is 2.06. The zero-order chi connectivity index (χ0) is 12.8. The molecular formula is C11H12F3NOS. The summed E-state index contributed by atoms with van der Waals surface area (Å²) in [5, 5.41) is 0. The average Bonchev–Trinajstić information content (AvgIpc) is 2.86. The van der Waals surface area contributed by atoms with E-state index in [-0.39, 0.29) is 5.92 Å². The van der Waals surface area contributed by atoms with Gasteiger partial charge >= 0.3 is 6.18 Å². The van der Waals surface area contributed by atoms with Crippen LogP contribution in [0.3, 0.4) is 0 Å². The second-order valence-corrected chi connectivity index (χ2v) is 5.56. The van der Waals surface area contributed by atoms with E-state index in [1.54, 1.807) is 6.92 Å². The van der Waals surface area contributed by atoms with Crippen LogP contribution < -0.4 is 5.73 Å². The van der Waals surface area contributed by atoms with Crippen molar-refractivity contribution in [3.05, 3.63) is 21.9 Å². The van der Waals surface area contributed by atoms with E-state index in [1.165, 1.54) is 6.07 Å². The first-order valence-electron chi connectivity index (χ1n) is 5.24. The highest BCUT2D eigenvalue weighted by molar-refractivity contribution is 7.12. The molecule has 1 heterocycles. The largest absolute Gasteiger partial charge is 0.425 e. The molecule has 0 aliphatic heterocycles. The second kappa shape index (κ2) is 3.73. The Bertz CT molecular complexity index is 448. The minimum atomic E-state index is -4.31. The molecule has 2 nitrogen and oxygen atoms in total. The van der Waals surface area contributed by atoms with Gasteiger partial charge in [-0.05, 0) is 25.0 Å². The monoisotopic (exact) mass is 263 g/mol. The van der Waals surface area contributed by atoms with Crippen LogP contribution in [0.1, 0.15) is 35.4 Å². The van der Waals surface area contributed by atoms with Gasteiger partial charge in [0.1, 0.15) is 4.88 Å². The van der Waals surface area contributed by atoms with E-state index < -0.39 is 22.4 Å². The molecule has 1 atom stereocenters. The highest BCUT2D eigenvalue weighted by Crippen LogP contribution is 2.57. The van der Waals surface area contributed by atoms with Crippen LogP contribution in [0.5, 0.6) is 0 Å². The van der Waals surface area contributed by atoms with Gasteiger partial charge < -0.3 is 5.73 Å². The topological polar surface area (TPSA) is 43.1 Å². The van der Waals surface area contributed by atoms with Crippen molar-refractivity contribution in [2.24, 2.45) is 11.1 Å². The summed E-state index contributed by atoms with van der Waals surface area (Å²) in [6.45, 7) is 1.77. The fourth-order valence-electron chi connectivity index (χ4n) is 2.04. The molecule has 0 saturated heterocycles. The van der Waals surface area contributed by atoms with Crippen LogP contribution in [0.2, 0.25) is 0 Å². The average molecular weight is 263 g/mol. The van der Waals surface area contributed by atoms with Crippen LogP contribution in [0.25, 0.3) is 0 Å². The summed E-state index contributed by atoms with van der Waals surface area (Å²) < 4.78 is 37.4. The first-order valence-corrected chi connectivity index (χ1v) is 6.06. The van der Waals surface area contributed by atoms with Crippen LogP contribution in [0.4, 0.5) is 13.2 Å². The zero-order valence-corrected chi connectivity index (χ0v) is 9.99. The quantitative estimate of drug-likeness (QED) is 0.894. The van der Waals surface area contributed by atoms with Crippen molar-refractivity contribution in [2.45, 2.75) is 31.9 Å². The first-order chi connectivity index (χ1) is 7.77. The minimum Gasteiger partial charge on any atom is -0.369 e. The Hall–Kier alpha value is -1.04. The van der Waals surface area contributed by atoms with Crippen LogP contribution in [0, 0.1) is 5.41 Å². The van der Waals surface area contributed by atoms with Crippen molar-refractivity contribution in [3.8, 4) is 0 Å². The molecule has 1 aromatic heterocycles. The van der Waals surface area contributed by atoms with Gasteiger partial charge in [-0.25, -0.2) is 0 Å². The molecule has 0 bridgehead atoms. The Morgan fingerprint density at radius 1 is 1.47 bits per heavy atom. The molecule has 1 saturated carbocycles. The highest BCUT2D eigenvalue weighted by atomic mass is 32.1. The summed E-state index contributed by atoms with van der Waals surface area (Å²) in [5.74, 6) is -0.645. The molecule has 17 heavy (non-hydrogen) atoms. The van der Waals surface area contributed by atoms with Gasteiger partial charge in [-0.1, -0.05) is 6.92 Å². The van der Waals surface area contributed by atoms with E-state index in [4.69, 9.17) is 5.73 Å². The fraction of sp³-hybridized carbons (Fsp3) is 0.545. The maximum absolute atomic E-state index is 12.5. The van der Waals surface area contributed by atoms with E-state index in [0.29, 0.717) is 29.1 Å². The van der Waals surface area contributed by atoms with Crippen molar-refractivity contribution in [1.82, 2.24) is 0 Å². The fourth-order valence-corrected chi connectivity index (χ4v) is 3.08. The number of halogens is 3. The number of carbonyl (C=O) groups is 1. The van der Waals surface area contributed by atoms with Crippen LogP contribution >= 0.6 is 11.3 Å².